The third kappa shape index (κ3) is 5.18. The summed E-state index contributed by atoms with van der Waals surface area (Å²) >= 11 is 0. The molecule has 2 aliphatic heterocycles. The van der Waals surface area contributed by atoms with Gasteiger partial charge in [-0.05, 0) is 30.9 Å². The van der Waals surface area contributed by atoms with Crippen LogP contribution in [0.1, 0.15) is 12.8 Å². The van der Waals surface area contributed by atoms with E-state index in [0.29, 0.717) is 23.7 Å². The molecule has 30 heavy (non-hydrogen) atoms. The smallest absolute Gasteiger partial charge is 0.368 e. The Morgan fingerprint density at radius 2 is 1.67 bits per heavy atom. The van der Waals surface area contributed by atoms with Crippen LogP contribution >= 0.6 is 0 Å². The summed E-state index contributed by atoms with van der Waals surface area (Å²) in [7, 11) is -3.52. The minimum Gasteiger partial charge on any atom is -0.368 e. The van der Waals surface area contributed by atoms with Gasteiger partial charge < -0.3 is 15.1 Å². The van der Waals surface area contributed by atoms with Gasteiger partial charge in [0.2, 0.25) is 0 Å². The van der Waals surface area contributed by atoms with Crippen LogP contribution in [0.3, 0.4) is 0 Å². The third-order valence-corrected chi connectivity index (χ3v) is 7.30. The number of sulfonamides is 1. The Kier molecular flexibility index (Phi) is 7.12. The summed E-state index contributed by atoms with van der Waals surface area (Å²) in [6, 6.07) is 10.2. The predicted octanol–water partition coefficient (Wildman–Crippen LogP) is 1.95. The van der Waals surface area contributed by atoms with Crippen molar-refractivity contribution in [3.05, 3.63) is 30.3 Å². The molecule has 0 spiro atoms. The Hall–Kier alpha value is -2.01. The van der Waals surface area contributed by atoms with Crippen molar-refractivity contribution in [1.82, 2.24) is 14.5 Å². The molecule has 1 N–H and O–H groups in total. The Balaban J connectivity index is 1.45. The van der Waals surface area contributed by atoms with E-state index in [1.54, 1.807) is 7.05 Å². The van der Waals surface area contributed by atoms with Crippen molar-refractivity contribution in [1.29, 1.82) is 0 Å². The number of piperazine rings is 1. The monoisotopic (exact) mass is 447 g/mol. The molecule has 3 rings (SSSR count). The molecule has 0 aromatic heterocycles. The molecular weight excluding hydrogens is 419 g/mol. The van der Waals surface area contributed by atoms with Crippen LogP contribution in [0.25, 0.3) is 0 Å². The molecule has 1 aromatic rings. The van der Waals surface area contributed by atoms with Gasteiger partial charge in [0.1, 0.15) is 0 Å². The van der Waals surface area contributed by atoms with Gasteiger partial charge in [0.05, 0.1) is 0 Å². The minimum atomic E-state index is -5.23. The molecular formula is C19H28F3N5O2S. The topological polar surface area (TPSA) is 68.2 Å². The molecule has 11 heteroatoms. The predicted molar refractivity (Wildman–Crippen MR) is 111 cm³/mol. The van der Waals surface area contributed by atoms with Gasteiger partial charge in [-0.15, -0.1) is 0 Å². The first kappa shape index (κ1) is 22.7. The highest BCUT2D eigenvalue weighted by molar-refractivity contribution is 7.90. The fraction of sp³-hybridized carbons (Fsp3) is 0.632. The Labute approximate surface area is 175 Å². The van der Waals surface area contributed by atoms with E-state index in [1.807, 2.05) is 18.2 Å². The van der Waals surface area contributed by atoms with Crippen LogP contribution in [0.15, 0.2) is 35.3 Å². The highest BCUT2D eigenvalue weighted by Gasteiger charge is 2.50. The number of anilines is 1. The molecule has 1 aromatic carbocycles. The van der Waals surface area contributed by atoms with Crippen LogP contribution in [0.2, 0.25) is 0 Å². The number of piperidine rings is 1. The molecule has 0 atom stereocenters. The van der Waals surface area contributed by atoms with E-state index < -0.39 is 15.5 Å². The van der Waals surface area contributed by atoms with Crippen molar-refractivity contribution < 1.29 is 21.6 Å². The number of para-hydroxylation sites is 1. The molecule has 7 nitrogen and oxygen atoms in total. The van der Waals surface area contributed by atoms with Gasteiger partial charge in [0.15, 0.2) is 5.96 Å². The van der Waals surface area contributed by atoms with Gasteiger partial charge in [-0.2, -0.15) is 17.5 Å². The number of hydrogen-bond acceptors (Lipinski definition) is 4. The van der Waals surface area contributed by atoms with Gasteiger partial charge in [0, 0.05) is 58.5 Å². The van der Waals surface area contributed by atoms with Gasteiger partial charge in [-0.3, -0.25) is 4.99 Å². The second-order valence-electron chi connectivity index (χ2n) is 7.53. The average molecular weight is 448 g/mol. The molecule has 2 fully saturated rings. The van der Waals surface area contributed by atoms with Gasteiger partial charge in [0.25, 0.3) is 0 Å². The summed E-state index contributed by atoms with van der Waals surface area (Å²) in [5.74, 6) is 0.875. The van der Waals surface area contributed by atoms with E-state index in [-0.39, 0.29) is 19.0 Å². The minimum absolute atomic E-state index is 0.104. The van der Waals surface area contributed by atoms with Gasteiger partial charge >= 0.3 is 15.5 Å². The largest absolute Gasteiger partial charge is 0.511 e. The summed E-state index contributed by atoms with van der Waals surface area (Å²) in [6.45, 7) is 3.72. The number of aliphatic imine (C=N–C) groups is 1. The molecule has 0 unspecified atom stereocenters. The molecule has 0 aliphatic carbocycles. The van der Waals surface area contributed by atoms with E-state index in [1.165, 1.54) is 5.69 Å². The van der Waals surface area contributed by atoms with Crippen LogP contribution in [-0.2, 0) is 10.0 Å². The molecule has 168 valence electrons. The average Bonchev–Trinajstić information content (AvgIpc) is 2.75. The van der Waals surface area contributed by atoms with E-state index in [4.69, 9.17) is 0 Å². The Morgan fingerprint density at radius 3 is 2.20 bits per heavy atom. The summed E-state index contributed by atoms with van der Waals surface area (Å²) < 4.78 is 61.6. The van der Waals surface area contributed by atoms with E-state index in [2.05, 4.69) is 32.2 Å². The quantitative estimate of drug-likeness (QED) is 0.565. The molecule has 0 amide bonds. The van der Waals surface area contributed by atoms with Crippen LogP contribution in [-0.4, -0.2) is 82.0 Å². The molecule has 2 aliphatic rings. The lowest BCUT2D eigenvalue weighted by molar-refractivity contribution is -0.0496. The van der Waals surface area contributed by atoms with Crippen LogP contribution in [0.4, 0.5) is 18.9 Å². The highest BCUT2D eigenvalue weighted by Crippen LogP contribution is 2.30. The van der Waals surface area contributed by atoms with Crippen molar-refractivity contribution in [3.8, 4) is 0 Å². The standard InChI is InChI=1S/C19H28F3N5O2S/c1-23-18(26-13-11-25(12-14-26)17-5-3-2-4-6-17)24-15-16-7-9-27(10-8-16)30(28,29)19(20,21)22/h2-6,16H,7-15H2,1H3,(H,23,24). The SMILES string of the molecule is CN=C(NCC1CCN(S(=O)(=O)C(F)(F)F)CC1)N1CCN(c2ccccc2)CC1. The first-order valence-corrected chi connectivity index (χ1v) is 11.5. The zero-order valence-corrected chi connectivity index (χ0v) is 17.8. The fourth-order valence-electron chi connectivity index (χ4n) is 3.88. The third-order valence-electron chi connectivity index (χ3n) is 5.67. The number of benzene rings is 1. The normalized spacial score (nSPS) is 20.5. The number of nitrogens with one attached hydrogen (secondary N) is 1. The summed E-state index contributed by atoms with van der Waals surface area (Å²) in [5, 5.41) is 3.31. The van der Waals surface area contributed by atoms with E-state index in [0.717, 1.165) is 32.1 Å². The second-order valence-corrected chi connectivity index (χ2v) is 9.46. The van der Waals surface area contributed by atoms with Crippen molar-refractivity contribution in [2.75, 3.05) is 57.8 Å². The zero-order chi connectivity index (χ0) is 21.8. The lowest BCUT2D eigenvalue weighted by Crippen LogP contribution is -2.53. The first-order valence-electron chi connectivity index (χ1n) is 10.0. The molecule has 0 bridgehead atoms. The van der Waals surface area contributed by atoms with E-state index >= 15 is 0 Å². The first-order chi connectivity index (χ1) is 14.2. The number of alkyl halides is 3. The van der Waals surface area contributed by atoms with Gasteiger partial charge in [-0.1, -0.05) is 18.2 Å². The molecule has 2 saturated heterocycles. The van der Waals surface area contributed by atoms with Crippen molar-refractivity contribution in [3.63, 3.8) is 0 Å². The highest BCUT2D eigenvalue weighted by atomic mass is 32.2. The lowest BCUT2D eigenvalue weighted by atomic mass is 9.98. The van der Waals surface area contributed by atoms with Crippen molar-refractivity contribution >= 4 is 21.7 Å². The lowest BCUT2D eigenvalue weighted by Gasteiger charge is -2.38. The fourth-order valence-corrected chi connectivity index (χ4v) is 4.87. The number of halogens is 3. The van der Waals surface area contributed by atoms with Crippen molar-refractivity contribution in [2.45, 2.75) is 18.3 Å². The maximum Gasteiger partial charge on any atom is 0.511 e. The second kappa shape index (κ2) is 9.42. The zero-order valence-electron chi connectivity index (χ0n) is 17.0. The number of rotatable bonds is 4. The Bertz CT molecular complexity index is 816. The van der Waals surface area contributed by atoms with Crippen molar-refractivity contribution in [2.24, 2.45) is 10.9 Å². The molecule has 2 heterocycles. The number of guanidine groups is 1. The maximum absolute atomic E-state index is 12.7. The summed E-state index contributed by atoms with van der Waals surface area (Å²) in [6.07, 6.45) is 0.780. The molecule has 0 saturated carbocycles. The summed E-state index contributed by atoms with van der Waals surface area (Å²) in [4.78, 5) is 8.83. The van der Waals surface area contributed by atoms with Gasteiger partial charge in [-0.25, -0.2) is 8.42 Å². The van der Waals surface area contributed by atoms with Crippen LogP contribution in [0.5, 0.6) is 0 Å². The Morgan fingerprint density at radius 1 is 1.07 bits per heavy atom. The maximum atomic E-state index is 12.7. The van der Waals surface area contributed by atoms with E-state index in [9.17, 15) is 21.6 Å². The number of nitrogens with zero attached hydrogens (tertiary/aromatic N) is 4. The van der Waals surface area contributed by atoms with Crippen LogP contribution in [0, 0.1) is 5.92 Å². The van der Waals surface area contributed by atoms with Crippen LogP contribution < -0.4 is 10.2 Å². The molecule has 0 radical (unpaired) electrons. The number of hydrogen-bond donors (Lipinski definition) is 1. The summed E-state index contributed by atoms with van der Waals surface area (Å²) in [5.41, 5.74) is -4.04.